The summed E-state index contributed by atoms with van der Waals surface area (Å²) in [7, 11) is -3.20. The monoisotopic (exact) mass is 273 g/mol. The van der Waals surface area contributed by atoms with Gasteiger partial charge < -0.3 is 5.32 Å². The molecule has 0 amide bonds. The van der Waals surface area contributed by atoms with Crippen molar-refractivity contribution in [2.75, 3.05) is 12.3 Å². The topological polar surface area (TPSA) is 46.2 Å². The van der Waals surface area contributed by atoms with Gasteiger partial charge in [-0.1, -0.05) is 30.7 Å². The number of sulfone groups is 1. The summed E-state index contributed by atoms with van der Waals surface area (Å²) >= 11 is 6.02. The largest absolute Gasteiger partial charge is 0.310 e. The number of fused-ring (bicyclic) bond motifs is 1. The molecule has 3 nitrogen and oxygen atoms in total. The Morgan fingerprint density at radius 3 is 2.94 bits per heavy atom. The van der Waals surface area contributed by atoms with Crippen molar-refractivity contribution < 1.29 is 8.42 Å². The average Bonchev–Trinajstić information content (AvgIpc) is 2.28. The van der Waals surface area contributed by atoms with E-state index in [4.69, 9.17) is 11.6 Å². The first-order valence-corrected chi connectivity index (χ1v) is 7.84. The molecule has 1 aliphatic heterocycles. The van der Waals surface area contributed by atoms with Crippen LogP contribution in [-0.4, -0.2) is 20.7 Å². The highest BCUT2D eigenvalue weighted by Crippen LogP contribution is 2.36. The SMILES string of the molecule is CCCNC1CCS(=O)(=O)c2c(Cl)cccc21. The van der Waals surface area contributed by atoms with Crippen LogP contribution in [0.2, 0.25) is 5.02 Å². The normalized spacial score (nSPS) is 22.1. The molecule has 1 unspecified atom stereocenters. The molecule has 0 saturated carbocycles. The van der Waals surface area contributed by atoms with Crippen molar-refractivity contribution in [1.29, 1.82) is 0 Å². The summed E-state index contributed by atoms with van der Waals surface area (Å²) in [5.74, 6) is 0.172. The van der Waals surface area contributed by atoms with Gasteiger partial charge in [-0.2, -0.15) is 0 Å². The molecule has 1 atom stereocenters. The number of hydrogen-bond acceptors (Lipinski definition) is 3. The summed E-state index contributed by atoms with van der Waals surface area (Å²) in [6, 6.07) is 5.40. The van der Waals surface area contributed by atoms with E-state index in [9.17, 15) is 8.42 Å². The van der Waals surface area contributed by atoms with Crippen LogP contribution in [0.4, 0.5) is 0 Å². The lowest BCUT2D eigenvalue weighted by Crippen LogP contribution is -2.30. The van der Waals surface area contributed by atoms with E-state index in [2.05, 4.69) is 12.2 Å². The van der Waals surface area contributed by atoms with Crippen LogP contribution in [0.3, 0.4) is 0 Å². The summed E-state index contributed by atoms with van der Waals surface area (Å²) in [5, 5.41) is 3.71. The summed E-state index contributed by atoms with van der Waals surface area (Å²) < 4.78 is 24.0. The van der Waals surface area contributed by atoms with Gasteiger partial charge in [-0.05, 0) is 31.0 Å². The van der Waals surface area contributed by atoms with E-state index in [1.165, 1.54) is 0 Å². The van der Waals surface area contributed by atoms with Crippen molar-refractivity contribution in [2.24, 2.45) is 0 Å². The molecule has 0 spiro atoms. The van der Waals surface area contributed by atoms with Gasteiger partial charge in [0.15, 0.2) is 9.84 Å². The Labute approximate surface area is 107 Å². The van der Waals surface area contributed by atoms with Gasteiger partial charge in [-0.25, -0.2) is 8.42 Å². The molecule has 5 heteroatoms. The first-order chi connectivity index (χ1) is 8.06. The fourth-order valence-corrected chi connectivity index (χ4v) is 4.41. The molecule has 17 heavy (non-hydrogen) atoms. The maximum Gasteiger partial charge on any atom is 0.180 e. The van der Waals surface area contributed by atoms with E-state index in [0.29, 0.717) is 16.3 Å². The van der Waals surface area contributed by atoms with Gasteiger partial charge in [-0.3, -0.25) is 0 Å². The number of rotatable bonds is 3. The molecule has 1 heterocycles. The molecule has 0 radical (unpaired) electrons. The first-order valence-electron chi connectivity index (χ1n) is 5.81. The fraction of sp³-hybridized carbons (Fsp3) is 0.500. The Hall–Kier alpha value is -0.580. The highest BCUT2D eigenvalue weighted by molar-refractivity contribution is 7.91. The van der Waals surface area contributed by atoms with Gasteiger partial charge in [0, 0.05) is 6.04 Å². The third-order valence-corrected chi connectivity index (χ3v) is 5.28. The molecule has 0 aromatic heterocycles. The molecule has 0 bridgehead atoms. The number of halogens is 1. The minimum atomic E-state index is -3.20. The summed E-state index contributed by atoms with van der Waals surface area (Å²) in [5.41, 5.74) is 0.817. The zero-order chi connectivity index (χ0) is 12.5. The van der Waals surface area contributed by atoms with Gasteiger partial charge in [0.25, 0.3) is 0 Å². The van der Waals surface area contributed by atoms with Crippen LogP contribution in [-0.2, 0) is 9.84 Å². The van der Waals surface area contributed by atoms with E-state index < -0.39 is 9.84 Å². The van der Waals surface area contributed by atoms with Crippen molar-refractivity contribution in [2.45, 2.75) is 30.7 Å². The molecule has 1 N–H and O–H groups in total. The lowest BCUT2D eigenvalue weighted by atomic mass is 10.0. The summed E-state index contributed by atoms with van der Waals surface area (Å²) in [4.78, 5) is 0.321. The molecule has 94 valence electrons. The van der Waals surface area contributed by atoms with Crippen LogP contribution in [0, 0.1) is 0 Å². The zero-order valence-corrected chi connectivity index (χ0v) is 11.3. The minimum Gasteiger partial charge on any atom is -0.310 e. The predicted molar refractivity (Wildman–Crippen MR) is 69.2 cm³/mol. The van der Waals surface area contributed by atoms with Crippen molar-refractivity contribution in [3.63, 3.8) is 0 Å². The zero-order valence-electron chi connectivity index (χ0n) is 9.74. The Morgan fingerprint density at radius 1 is 1.47 bits per heavy atom. The molecule has 2 rings (SSSR count). The molecule has 0 fully saturated rings. The van der Waals surface area contributed by atoms with Crippen LogP contribution in [0.15, 0.2) is 23.1 Å². The highest BCUT2D eigenvalue weighted by atomic mass is 35.5. The van der Waals surface area contributed by atoms with Gasteiger partial charge in [0.05, 0.1) is 15.7 Å². The van der Waals surface area contributed by atoms with Crippen molar-refractivity contribution in [1.82, 2.24) is 5.32 Å². The minimum absolute atomic E-state index is 0.104. The number of hydrogen-bond donors (Lipinski definition) is 1. The molecular weight excluding hydrogens is 258 g/mol. The Kier molecular flexibility index (Phi) is 3.76. The van der Waals surface area contributed by atoms with E-state index in [1.54, 1.807) is 6.07 Å². The van der Waals surface area contributed by atoms with Crippen molar-refractivity contribution in [3.05, 3.63) is 28.8 Å². The lowest BCUT2D eigenvalue weighted by molar-refractivity contribution is 0.492. The van der Waals surface area contributed by atoms with Gasteiger partial charge in [0.1, 0.15) is 0 Å². The van der Waals surface area contributed by atoms with Crippen molar-refractivity contribution in [3.8, 4) is 0 Å². The maximum atomic E-state index is 12.0. The lowest BCUT2D eigenvalue weighted by Gasteiger charge is -2.26. The van der Waals surface area contributed by atoms with E-state index in [0.717, 1.165) is 18.5 Å². The summed E-state index contributed by atoms with van der Waals surface area (Å²) in [6.07, 6.45) is 1.65. The summed E-state index contributed by atoms with van der Waals surface area (Å²) in [6.45, 7) is 2.97. The predicted octanol–water partition coefficient (Wildman–Crippen LogP) is 2.56. The standard InChI is InChI=1S/C12H16ClNO2S/c1-2-7-14-11-6-8-17(15,16)12-9(11)4-3-5-10(12)13/h3-5,11,14H,2,6-8H2,1H3. The van der Waals surface area contributed by atoms with Crippen molar-refractivity contribution >= 4 is 21.4 Å². The first kappa shape index (κ1) is 12.9. The third-order valence-electron chi connectivity index (χ3n) is 3.00. The second-order valence-electron chi connectivity index (χ2n) is 4.27. The van der Waals surface area contributed by atoms with Crippen LogP contribution in [0.5, 0.6) is 0 Å². The van der Waals surface area contributed by atoms with E-state index in [1.807, 2.05) is 12.1 Å². The van der Waals surface area contributed by atoms with E-state index >= 15 is 0 Å². The highest BCUT2D eigenvalue weighted by Gasteiger charge is 2.31. The molecule has 1 aromatic rings. The van der Waals surface area contributed by atoms with Crippen LogP contribution in [0.1, 0.15) is 31.4 Å². The van der Waals surface area contributed by atoms with E-state index in [-0.39, 0.29) is 11.8 Å². The smallest absolute Gasteiger partial charge is 0.180 e. The number of benzene rings is 1. The van der Waals surface area contributed by atoms with Crippen LogP contribution >= 0.6 is 11.6 Å². The maximum absolute atomic E-state index is 12.0. The van der Waals surface area contributed by atoms with Crippen LogP contribution in [0.25, 0.3) is 0 Å². The number of nitrogens with one attached hydrogen (secondary N) is 1. The van der Waals surface area contributed by atoms with Gasteiger partial charge in [-0.15, -0.1) is 0 Å². The second-order valence-corrected chi connectivity index (χ2v) is 6.73. The Balaban J connectivity index is 2.45. The molecule has 1 aliphatic rings. The van der Waals surface area contributed by atoms with Gasteiger partial charge in [0.2, 0.25) is 0 Å². The quantitative estimate of drug-likeness (QED) is 0.921. The second kappa shape index (κ2) is 4.96. The molecule has 1 aromatic carbocycles. The fourth-order valence-electron chi connectivity index (χ4n) is 2.19. The average molecular weight is 274 g/mol. The molecule has 0 aliphatic carbocycles. The van der Waals surface area contributed by atoms with Gasteiger partial charge >= 0.3 is 0 Å². The molecular formula is C12H16ClNO2S. The Morgan fingerprint density at radius 2 is 2.24 bits per heavy atom. The Bertz CT molecular complexity index is 513. The third kappa shape index (κ3) is 2.49. The molecule has 0 saturated heterocycles. The van der Waals surface area contributed by atoms with Crippen LogP contribution < -0.4 is 5.32 Å².